The van der Waals surface area contributed by atoms with Gasteiger partial charge in [0.25, 0.3) is 0 Å². The maximum atomic E-state index is 13.6. The zero-order chi connectivity index (χ0) is 23.4. The van der Waals surface area contributed by atoms with Gasteiger partial charge in [0, 0.05) is 24.6 Å². The second-order valence-corrected chi connectivity index (χ2v) is 8.30. The number of aromatic nitrogens is 1. The number of carbonyl (C=O) groups excluding carboxylic acids is 2. The number of benzene rings is 1. The quantitative estimate of drug-likeness (QED) is 0.620. The first-order valence-electron chi connectivity index (χ1n) is 10.5. The lowest BCUT2D eigenvalue weighted by atomic mass is 9.93. The molecule has 2 aromatic rings. The fraction of sp³-hybridized carbons (Fsp3) is 0.250. The maximum Gasteiger partial charge on any atom is 0.338 e. The van der Waals surface area contributed by atoms with E-state index in [1.807, 2.05) is 29.4 Å². The van der Waals surface area contributed by atoms with Crippen molar-refractivity contribution in [1.29, 1.82) is 0 Å². The number of carbonyl (C=O) groups is 2. The fourth-order valence-corrected chi connectivity index (χ4v) is 4.74. The summed E-state index contributed by atoms with van der Waals surface area (Å²) in [5.74, 6) is -1.03. The summed E-state index contributed by atoms with van der Waals surface area (Å²) in [4.78, 5) is 36.1. The number of amides is 1. The van der Waals surface area contributed by atoms with E-state index in [1.165, 1.54) is 31.0 Å². The Hall–Kier alpha value is -3.46. The van der Waals surface area contributed by atoms with Gasteiger partial charge in [0.2, 0.25) is 5.91 Å². The number of esters is 1. The fourth-order valence-electron chi connectivity index (χ4n) is 3.80. The minimum absolute atomic E-state index is 0.102. The third-order valence-electron chi connectivity index (χ3n) is 5.40. The molecule has 1 N–H and O–H groups in total. The molecule has 1 unspecified atom stereocenters. The van der Waals surface area contributed by atoms with Gasteiger partial charge in [-0.2, -0.15) is 0 Å². The Morgan fingerprint density at radius 3 is 2.58 bits per heavy atom. The monoisotopic (exact) mass is 466 g/mol. The maximum absolute atomic E-state index is 13.6. The Kier molecular flexibility index (Phi) is 6.88. The highest BCUT2D eigenvalue weighted by Gasteiger charge is 2.41. The topological polar surface area (TPSA) is 83.9 Å². The first-order valence-corrected chi connectivity index (χ1v) is 11.4. The summed E-state index contributed by atoms with van der Waals surface area (Å²) in [7, 11) is 1.32. The van der Waals surface area contributed by atoms with Crippen LogP contribution in [0.25, 0.3) is 0 Å². The predicted molar refractivity (Wildman–Crippen MR) is 124 cm³/mol. The SMILES string of the molecule is CCC1=C(C(=O)OC)C(c2ccc(F)cc2)N2C(CC(=O)NCc3ccncc3)=CSC2=N1. The number of ether oxygens (including phenoxy) is 1. The molecule has 0 bridgehead atoms. The zero-order valence-corrected chi connectivity index (χ0v) is 19.1. The summed E-state index contributed by atoms with van der Waals surface area (Å²) in [5, 5.41) is 5.45. The van der Waals surface area contributed by atoms with Gasteiger partial charge in [-0.05, 0) is 47.2 Å². The molecule has 170 valence electrons. The Bertz CT molecular complexity index is 1150. The van der Waals surface area contributed by atoms with E-state index in [-0.39, 0.29) is 18.1 Å². The molecule has 4 rings (SSSR count). The highest BCUT2D eigenvalue weighted by Crippen LogP contribution is 2.45. The second-order valence-electron chi connectivity index (χ2n) is 7.46. The van der Waals surface area contributed by atoms with E-state index in [2.05, 4.69) is 15.3 Å². The number of rotatable bonds is 7. The molecule has 2 aliphatic heterocycles. The molecule has 9 heteroatoms. The van der Waals surface area contributed by atoms with Crippen LogP contribution in [0.15, 0.2) is 76.2 Å². The lowest BCUT2D eigenvalue weighted by Crippen LogP contribution is -2.38. The van der Waals surface area contributed by atoms with Crippen molar-refractivity contribution in [2.45, 2.75) is 32.4 Å². The molecule has 2 aliphatic rings. The van der Waals surface area contributed by atoms with E-state index in [0.717, 1.165) is 5.56 Å². The Balaban J connectivity index is 1.63. The van der Waals surface area contributed by atoms with Crippen LogP contribution in [-0.4, -0.2) is 34.0 Å². The summed E-state index contributed by atoms with van der Waals surface area (Å²) in [6.45, 7) is 2.30. The minimum atomic E-state index is -0.574. The molecule has 0 radical (unpaired) electrons. The van der Waals surface area contributed by atoms with Gasteiger partial charge in [-0.1, -0.05) is 30.8 Å². The number of thioether (sulfide) groups is 1. The van der Waals surface area contributed by atoms with Crippen molar-refractivity contribution in [1.82, 2.24) is 15.2 Å². The van der Waals surface area contributed by atoms with Crippen molar-refractivity contribution >= 4 is 28.8 Å². The number of allylic oxidation sites excluding steroid dienone is 1. The number of methoxy groups -OCH3 is 1. The number of hydrogen-bond acceptors (Lipinski definition) is 7. The summed E-state index contributed by atoms with van der Waals surface area (Å²) >= 11 is 1.40. The third-order valence-corrected chi connectivity index (χ3v) is 6.28. The number of amidine groups is 1. The van der Waals surface area contributed by atoms with Crippen molar-refractivity contribution in [3.05, 3.63) is 88.1 Å². The van der Waals surface area contributed by atoms with E-state index >= 15 is 0 Å². The van der Waals surface area contributed by atoms with Crippen LogP contribution in [-0.2, 0) is 20.9 Å². The zero-order valence-electron chi connectivity index (χ0n) is 18.2. The van der Waals surface area contributed by atoms with E-state index in [1.54, 1.807) is 24.5 Å². The first kappa shape index (κ1) is 22.7. The van der Waals surface area contributed by atoms with Gasteiger partial charge >= 0.3 is 5.97 Å². The van der Waals surface area contributed by atoms with Crippen molar-refractivity contribution in [3.63, 3.8) is 0 Å². The molecule has 33 heavy (non-hydrogen) atoms. The van der Waals surface area contributed by atoms with Crippen LogP contribution < -0.4 is 5.32 Å². The molecule has 0 aliphatic carbocycles. The number of nitrogens with zero attached hydrogens (tertiary/aromatic N) is 3. The van der Waals surface area contributed by atoms with Crippen molar-refractivity contribution in [3.8, 4) is 0 Å². The summed E-state index contributed by atoms with van der Waals surface area (Å²) < 4.78 is 18.7. The van der Waals surface area contributed by atoms with Crippen LogP contribution in [0.3, 0.4) is 0 Å². The number of nitrogens with one attached hydrogen (secondary N) is 1. The van der Waals surface area contributed by atoms with Crippen molar-refractivity contribution < 1.29 is 18.7 Å². The molecular formula is C24H23FN4O3S. The van der Waals surface area contributed by atoms with E-state index in [0.29, 0.717) is 40.7 Å². The Morgan fingerprint density at radius 2 is 1.91 bits per heavy atom. The summed E-state index contributed by atoms with van der Waals surface area (Å²) in [5.41, 5.74) is 3.37. The number of fused-ring (bicyclic) bond motifs is 1. The smallest absolute Gasteiger partial charge is 0.338 e. The molecule has 7 nitrogen and oxygen atoms in total. The van der Waals surface area contributed by atoms with Gasteiger partial charge in [0.15, 0.2) is 5.17 Å². The van der Waals surface area contributed by atoms with E-state index in [4.69, 9.17) is 4.74 Å². The number of hydrogen-bond donors (Lipinski definition) is 1. The molecule has 0 spiro atoms. The molecule has 1 aromatic heterocycles. The minimum Gasteiger partial charge on any atom is -0.466 e. The Morgan fingerprint density at radius 1 is 1.18 bits per heavy atom. The van der Waals surface area contributed by atoms with Crippen LogP contribution >= 0.6 is 11.8 Å². The average molecular weight is 467 g/mol. The van der Waals surface area contributed by atoms with Gasteiger partial charge in [0.1, 0.15) is 5.82 Å². The first-order chi connectivity index (χ1) is 16.0. The van der Waals surface area contributed by atoms with Crippen LogP contribution in [0.1, 0.15) is 36.9 Å². The molecular weight excluding hydrogens is 443 g/mol. The lowest BCUT2D eigenvalue weighted by Gasteiger charge is -2.36. The molecule has 1 atom stereocenters. The normalized spacial score (nSPS) is 17.3. The van der Waals surface area contributed by atoms with Crippen LogP contribution in [0.2, 0.25) is 0 Å². The van der Waals surface area contributed by atoms with Gasteiger partial charge in [0.05, 0.1) is 30.8 Å². The second kappa shape index (κ2) is 9.99. The number of pyridine rings is 1. The molecule has 0 saturated heterocycles. The van der Waals surface area contributed by atoms with Gasteiger partial charge < -0.3 is 15.0 Å². The van der Waals surface area contributed by atoms with Crippen LogP contribution in [0, 0.1) is 5.82 Å². The number of aliphatic imine (C=N–C) groups is 1. The van der Waals surface area contributed by atoms with Crippen molar-refractivity contribution in [2.75, 3.05) is 7.11 Å². The molecule has 1 aromatic carbocycles. The van der Waals surface area contributed by atoms with Gasteiger partial charge in [-0.3, -0.25) is 9.78 Å². The van der Waals surface area contributed by atoms with Gasteiger partial charge in [-0.25, -0.2) is 14.2 Å². The van der Waals surface area contributed by atoms with Crippen LogP contribution in [0.5, 0.6) is 0 Å². The Labute approximate surface area is 195 Å². The predicted octanol–water partition coefficient (Wildman–Crippen LogP) is 4.07. The summed E-state index contributed by atoms with van der Waals surface area (Å²) in [6, 6.07) is 9.10. The molecule has 3 heterocycles. The van der Waals surface area contributed by atoms with Crippen molar-refractivity contribution in [2.24, 2.45) is 4.99 Å². The highest BCUT2D eigenvalue weighted by molar-refractivity contribution is 8.16. The summed E-state index contributed by atoms with van der Waals surface area (Å²) in [6.07, 6.45) is 3.98. The number of halogens is 1. The van der Waals surface area contributed by atoms with E-state index < -0.39 is 12.0 Å². The van der Waals surface area contributed by atoms with Gasteiger partial charge in [-0.15, -0.1) is 0 Å². The lowest BCUT2D eigenvalue weighted by molar-refractivity contribution is -0.136. The molecule has 1 amide bonds. The molecule has 0 saturated carbocycles. The third kappa shape index (κ3) is 4.83. The van der Waals surface area contributed by atoms with E-state index in [9.17, 15) is 14.0 Å². The highest BCUT2D eigenvalue weighted by atomic mass is 32.2. The molecule has 0 fully saturated rings. The standard InChI is InChI=1S/C24H23FN4O3S/c1-3-19-21(23(31)32-2)22(16-4-6-17(25)7-5-16)29-18(14-33-24(29)28-19)12-20(30)27-13-15-8-10-26-11-9-15/h4-11,14,22H,3,12-13H2,1-2H3,(H,27,30). The largest absolute Gasteiger partial charge is 0.466 e. The average Bonchev–Trinajstić information content (AvgIpc) is 3.24. The van der Waals surface area contributed by atoms with Crippen LogP contribution in [0.4, 0.5) is 4.39 Å².